The molecule has 4 rings (SSSR count). The summed E-state index contributed by atoms with van der Waals surface area (Å²) in [6.45, 7) is -0.0159. The first-order valence-corrected chi connectivity index (χ1v) is 13.9. The second-order valence-corrected chi connectivity index (χ2v) is 10.2. The molecule has 0 amide bonds. The Hall–Kier alpha value is -4.93. The van der Waals surface area contributed by atoms with E-state index in [9.17, 15) is 36.3 Å². The Labute approximate surface area is 261 Å². The van der Waals surface area contributed by atoms with Crippen molar-refractivity contribution in [1.82, 2.24) is 4.57 Å². The Morgan fingerprint density at radius 3 is 2.06 bits per heavy atom. The fourth-order valence-corrected chi connectivity index (χ4v) is 4.50. The van der Waals surface area contributed by atoms with Crippen molar-refractivity contribution in [3.8, 4) is 11.4 Å². The molecular formula is C30H28F7N3O7. The van der Waals surface area contributed by atoms with E-state index in [2.05, 4.69) is 0 Å². The van der Waals surface area contributed by atoms with E-state index in [4.69, 9.17) is 30.8 Å². The van der Waals surface area contributed by atoms with E-state index < -0.39 is 81.4 Å². The number of hydrogen-bond donors (Lipinski definition) is 3. The van der Waals surface area contributed by atoms with Crippen LogP contribution in [-0.4, -0.2) is 52.3 Å². The van der Waals surface area contributed by atoms with E-state index in [-0.39, 0.29) is 24.9 Å². The number of aromatic nitrogens is 1. The van der Waals surface area contributed by atoms with Crippen molar-refractivity contribution in [2.75, 3.05) is 12.3 Å². The van der Waals surface area contributed by atoms with Crippen LogP contribution in [-0.2, 0) is 14.3 Å². The number of carboxylic acids is 1. The summed E-state index contributed by atoms with van der Waals surface area (Å²) >= 11 is 0. The zero-order chi connectivity index (χ0) is 35.1. The first-order valence-electron chi connectivity index (χ1n) is 13.9. The van der Waals surface area contributed by atoms with Crippen LogP contribution in [0.2, 0.25) is 0 Å². The molecule has 10 nitrogen and oxygen atoms in total. The lowest BCUT2D eigenvalue weighted by molar-refractivity contribution is -0.192. The van der Waals surface area contributed by atoms with Crippen LogP contribution in [0.1, 0.15) is 54.4 Å². The lowest BCUT2D eigenvalue weighted by atomic mass is 10.0. The predicted octanol–water partition coefficient (Wildman–Crippen LogP) is 4.81. The number of benzene rings is 2. The van der Waals surface area contributed by atoms with Gasteiger partial charge in [0, 0.05) is 24.3 Å². The molecule has 3 aromatic rings. The van der Waals surface area contributed by atoms with Gasteiger partial charge in [-0.3, -0.25) is 19.0 Å². The number of carbonyl (C=O) groups is 3. The van der Waals surface area contributed by atoms with E-state index in [0.29, 0.717) is 17.1 Å². The fraction of sp³-hybridized carbons (Fsp3) is 0.333. The topological polar surface area (TPSA) is 164 Å². The van der Waals surface area contributed by atoms with Gasteiger partial charge in [-0.05, 0) is 56.7 Å². The fourth-order valence-electron chi connectivity index (χ4n) is 4.50. The standard InChI is InChI=1S/C28H27F4N3O5.C2HF3O2/c29-15-7-8-18(20(30)12-15)26(37)19-9-10-24(36)35(27(19)34)25-21(31)13-17(14-22(25)32)39-11-3-6-23(33)28(38)40-16-4-1-2-5-16;3-2(4,5)1(6)7/h7-10,12-14,16,23H,1-6,11,33-34H2;(H,6,7)/t23-;/m0./s1. The van der Waals surface area contributed by atoms with Gasteiger partial charge in [0.2, 0.25) is 0 Å². The molecule has 17 heteroatoms. The second-order valence-electron chi connectivity index (χ2n) is 10.2. The monoisotopic (exact) mass is 675 g/mol. The number of hydrogen-bond acceptors (Lipinski definition) is 8. The SMILES string of the molecule is Nc1c(C(=O)c2ccc(F)cc2F)ccc(=O)n1-c1c(F)cc(OCCC[C@H](N)C(=O)OC2CCCC2)cc1F.O=C(O)C(F)(F)F. The molecule has 1 aliphatic rings. The number of nitrogens with two attached hydrogens (primary N) is 2. The number of halogens is 7. The Morgan fingerprint density at radius 1 is 0.936 bits per heavy atom. The van der Waals surface area contributed by atoms with E-state index in [1.807, 2.05) is 0 Å². The Balaban J connectivity index is 0.000000771. The number of carbonyl (C=O) groups excluding carboxylic acids is 2. The van der Waals surface area contributed by atoms with Crippen LogP contribution in [0.3, 0.4) is 0 Å². The smallest absolute Gasteiger partial charge is 0.490 e. The number of nitrogen functional groups attached to an aromatic ring is 1. The van der Waals surface area contributed by atoms with Crippen molar-refractivity contribution in [1.29, 1.82) is 0 Å². The maximum Gasteiger partial charge on any atom is 0.490 e. The summed E-state index contributed by atoms with van der Waals surface area (Å²) in [5, 5.41) is 7.12. The minimum absolute atomic E-state index is 0.0159. The Bertz CT molecular complexity index is 1670. The summed E-state index contributed by atoms with van der Waals surface area (Å²) in [5.41, 5.74) is 9.00. The van der Waals surface area contributed by atoms with Gasteiger partial charge in [-0.2, -0.15) is 13.2 Å². The molecule has 1 aromatic heterocycles. The van der Waals surface area contributed by atoms with Gasteiger partial charge in [-0.1, -0.05) is 0 Å². The highest BCUT2D eigenvalue weighted by molar-refractivity contribution is 6.11. The molecule has 254 valence electrons. The lowest BCUT2D eigenvalue weighted by Crippen LogP contribution is -2.34. The summed E-state index contributed by atoms with van der Waals surface area (Å²) < 4.78 is 100. The number of alkyl halides is 3. The van der Waals surface area contributed by atoms with Gasteiger partial charge >= 0.3 is 18.1 Å². The predicted molar refractivity (Wildman–Crippen MR) is 151 cm³/mol. The van der Waals surface area contributed by atoms with Crippen LogP contribution in [0.15, 0.2) is 47.3 Å². The van der Waals surface area contributed by atoms with E-state index >= 15 is 8.78 Å². The first kappa shape index (κ1) is 36.5. The summed E-state index contributed by atoms with van der Waals surface area (Å²) in [4.78, 5) is 46.3. The summed E-state index contributed by atoms with van der Waals surface area (Å²) in [6, 6.07) is 4.87. The molecule has 2 aromatic carbocycles. The minimum atomic E-state index is -5.08. The number of ether oxygens (including phenoxy) is 2. The number of rotatable bonds is 10. The molecule has 1 saturated carbocycles. The lowest BCUT2D eigenvalue weighted by Gasteiger charge is -2.17. The number of carboxylic acid groups (broad SMARTS) is 1. The quantitative estimate of drug-likeness (QED) is 0.118. The molecule has 0 radical (unpaired) electrons. The summed E-state index contributed by atoms with van der Waals surface area (Å²) in [7, 11) is 0. The minimum Gasteiger partial charge on any atom is -0.493 e. The molecule has 0 unspecified atom stereocenters. The van der Waals surface area contributed by atoms with Gasteiger partial charge in [0.05, 0.1) is 17.7 Å². The van der Waals surface area contributed by atoms with Crippen molar-refractivity contribution < 1.29 is 59.7 Å². The maximum atomic E-state index is 15.1. The number of nitrogens with zero attached hydrogens (tertiary/aromatic N) is 1. The zero-order valence-corrected chi connectivity index (χ0v) is 24.3. The van der Waals surface area contributed by atoms with Crippen molar-refractivity contribution in [3.05, 3.63) is 87.2 Å². The zero-order valence-electron chi connectivity index (χ0n) is 24.3. The summed E-state index contributed by atoms with van der Waals surface area (Å²) in [5.74, 6) is -9.66. The number of aliphatic carboxylic acids is 1. The van der Waals surface area contributed by atoms with Crippen molar-refractivity contribution in [2.24, 2.45) is 5.73 Å². The van der Waals surface area contributed by atoms with Crippen LogP contribution in [0.5, 0.6) is 5.75 Å². The van der Waals surface area contributed by atoms with E-state index in [0.717, 1.165) is 62.1 Å². The normalized spacial score (nSPS) is 13.8. The van der Waals surface area contributed by atoms with Gasteiger partial charge in [0.15, 0.2) is 17.4 Å². The summed E-state index contributed by atoms with van der Waals surface area (Å²) in [6.07, 6.45) is -1.01. The third-order valence-electron chi connectivity index (χ3n) is 6.82. The molecule has 1 fully saturated rings. The molecule has 5 N–H and O–H groups in total. The van der Waals surface area contributed by atoms with Gasteiger partial charge in [-0.25, -0.2) is 22.4 Å². The van der Waals surface area contributed by atoms with E-state index in [1.165, 1.54) is 0 Å². The molecule has 47 heavy (non-hydrogen) atoms. The third kappa shape index (κ3) is 9.54. The van der Waals surface area contributed by atoms with E-state index in [1.54, 1.807) is 0 Å². The molecule has 0 aliphatic heterocycles. The average molecular weight is 676 g/mol. The largest absolute Gasteiger partial charge is 0.493 e. The average Bonchev–Trinajstić information content (AvgIpc) is 3.49. The van der Waals surface area contributed by atoms with Gasteiger partial charge < -0.3 is 26.0 Å². The Morgan fingerprint density at radius 2 is 1.51 bits per heavy atom. The molecule has 1 heterocycles. The maximum absolute atomic E-state index is 15.1. The third-order valence-corrected chi connectivity index (χ3v) is 6.82. The van der Waals surface area contributed by atoms with Gasteiger partial charge in [0.1, 0.15) is 41.0 Å². The van der Waals surface area contributed by atoms with Gasteiger partial charge in [-0.15, -0.1) is 0 Å². The molecule has 0 spiro atoms. The molecule has 1 atom stereocenters. The van der Waals surface area contributed by atoms with Crippen LogP contribution >= 0.6 is 0 Å². The van der Waals surface area contributed by atoms with Crippen LogP contribution in [0.25, 0.3) is 5.69 Å². The van der Waals surface area contributed by atoms with Crippen LogP contribution < -0.4 is 21.8 Å². The number of ketones is 1. The van der Waals surface area contributed by atoms with Crippen molar-refractivity contribution in [2.45, 2.75) is 56.8 Å². The molecule has 0 saturated heterocycles. The van der Waals surface area contributed by atoms with Crippen molar-refractivity contribution in [3.63, 3.8) is 0 Å². The number of esters is 1. The van der Waals surface area contributed by atoms with Crippen molar-refractivity contribution >= 4 is 23.5 Å². The molecule has 1 aliphatic carbocycles. The van der Waals surface area contributed by atoms with Crippen LogP contribution in [0.4, 0.5) is 36.6 Å². The molecular weight excluding hydrogens is 647 g/mol. The Kier molecular flexibility index (Phi) is 12.1. The number of anilines is 1. The highest BCUT2D eigenvalue weighted by Gasteiger charge is 2.38. The second kappa shape index (κ2) is 15.6. The highest BCUT2D eigenvalue weighted by Crippen LogP contribution is 2.27. The number of pyridine rings is 1. The van der Waals surface area contributed by atoms with Crippen LogP contribution in [0, 0.1) is 23.3 Å². The highest BCUT2D eigenvalue weighted by atomic mass is 19.4. The van der Waals surface area contributed by atoms with Gasteiger partial charge in [0.25, 0.3) is 5.56 Å². The molecule has 0 bridgehead atoms. The first-order chi connectivity index (χ1) is 22.0.